The lowest BCUT2D eigenvalue weighted by atomic mass is 10.0. The third-order valence-corrected chi connectivity index (χ3v) is 4.22. The molecule has 0 bridgehead atoms. The first-order valence-electron chi connectivity index (χ1n) is 7.89. The number of hydrogen-bond acceptors (Lipinski definition) is 4. The van der Waals surface area contributed by atoms with Crippen LogP contribution in [0.4, 0.5) is 0 Å². The number of primary amides is 1. The average molecular weight is 330 g/mol. The van der Waals surface area contributed by atoms with E-state index in [0.717, 1.165) is 25.5 Å². The summed E-state index contributed by atoms with van der Waals surface area (Å²) in [5, 5.41) is 7.51. The predicted octanol–water partition coefficient (Wildman–Crippen LogP) is 0.677. The van der Waals surface area contributed by atoms with Crippen LogP contribution < -0.4 is 11.1 Å². The van der Waals surface area contributed by atoms with Crippen molar-refractivity contribution in [1.29, 1.82) is 0 Å². The first-order chi connectivity index (χ1) is 11.6. The van der Waals surface area contributed by atoms with Crippen molar-refractivity contribution in [2.24, 2.45) is 17.8 Å². The first-order valence-corrected chi connectivity index (χ1v) is 7.89. The van der Waals surface area contributed by atoms with Crippen LogP contribution in [0.2, 0.25) is 0 Å². The zero-order valence-electron chi connectivity index (χ0n) is 13.9. The number of aliphatic imine (C=N–C) groups is 1. The highest BCUT2D eigenvalue weighted by Crippen LogP contribution is 2.26. The quantitative estimate of drug-likeness (QED) is 0.634. The van der Waals surface area contributed by atoms with Crippen LogP contribution in [0.3, 0.4) is 0 Å². The van der Waals surface area contributed by atoms with Crippen molar-refractivity contribution in [2.75, 3.05) is 20.1 Å². The van der Waals surface area contributed by atoms with Gasteiger partial charge >= 0.3 is 0 Å². The van der Waals surface area contributed by atoms with Crippen molar-refractivity contribution in [1.82, 2.24) is 20.0 Å². The second-order valence-corrected chi connectivity index (χ2v) is 5.91. The zero-order chi connectivity index (χ0) is 17.1. The van der Waals surface area contributed by atoms with E-state index >= 15 is 0 Å². The number of aryl methyl sites for hydroxylation is 1. The number of aromatic nitrogens is 2. The second kappa shape index (κ2) is 6.77. The number of nitrogens with two attached hydrogens (primary N) is 1. The van der Waals surface area contributed by atoms with Gasteiger partial charge in [-0.05, 0) is 24.1 Å². The Morgan fingerprint density at radius 3 is 3.00 bits per heavy atom. The Hall–Kier alpha value is -2.77. The second-order valence-electron chi connectivity index (χ2n) is 5.91. The molecule has 1 amide bonds. The molecule has 8 heteroatoms. The molecule has 0 aliphatic carbocycles. The van der Waals surface area contributed by atoms with E-state index in [-0.39, 0.29) is 5.76 Å². The monoisotopic (exact) mass is 330 g/mol. The molecule has 2 aromatic heterocycles. The van der Waals surface area contributed by atoms with Crippen molar-refractivity contribution in [3.05, 3.63) is 41.6 Å². The van der Waals surface area contributed by atoms with Crippen LogP contribution in [0, 0.1) is 0 Å². The summed E-state index contributed by atoms with van der Waals surface area (Å²) in [4.78, 5) is 17.6. The molecular formula is C16H22N6O2. The predicted molar refractivity (Wildman–Crippen MR) is 89.6 cm³/mol. The van der Waals surface area contributed by atoms with Gasteiger partial charge in [0.05, 0.1) is 12.7 Å². The van der Waals surface area contributed by atoms with Crippen LogP contribution in [0.1, 0.15) is 34.2 Å². The Kier molecular flexibility index (Phi) is 4.54. The third kappa shape index (κ3) is 3.42. The number of carbonyl (C=O) groups is 1. The number of amides is 1. The van der Waals surface area contributed by atoms with E-state index in [1.54, 1.807) is 19.2 Å². The molecule has 0 saturated carbocycles. The summed E-state index contributed by atoms with van der Waals surface area (Å²) in [6.07, 6.45) is 5.07. The molecule has 1 saturated heterocycles. The SMILES string of the molecule is CN=C(NCc1ccc(C(N)=O)o1)N1CCC(c2cnn(C)c2)C1. The average Bonchev–Trinajstić information content (AvgIpc) is 3.27. The number of hydrogen-bond donors (Lipinski definition) is 2. The number of likely N-dealkylation sites (tertiary alicyclic amines) is 1. The van der Waals surface area contributed by atoms with Crippen LogP contribution in [0.15, 0.2) is 33.9 Å². The van der Waals surface area contributed by atoms with Crippen LogP contribution in [0.25, 0.3) is 0 Å². The van der Waals surface area contributed by atoms with Crippen LogP contribution in [0.5, 0.6) is 0 Å². The fraction of sp³-hybridized carbons (Fsp3) is 0.438. The Balaban J connectivity index is 1.57. The van der Waals surface area contributed by atoms with Gasteiger partial charge in [-0.1, -0.05) is 0 Å². The van der Waals surface area contributed by atoms with Crippen molar-refractivity contribution < 1.29 is 9.21 Å². The summed E-state index contributed by atoms with van der Waals surface area (Å²) in [7, 11) is 3.69. The lowest BCUT2D eigenvalue weighted by Gasteiger charge is -2.21. The van der Waals surface area contributed by atoms with E-state index in [9.17, 15) is 4.79 Å². The molecule has 3 rings (SSSR count). The molecule has 24 heavy (non-hydrogen) atoms. The van der Waals surface area contributed by atoms with Gasteiger partial charge in [-0.2, -0.15) is 5.10 Å². The van der Waals surface area contributed by atoms with E-state index in [4.69, 9.17) is 10.2 Å². The van der Waals surface area contributed by atoms with Gasteiger partial charge in [0.15, 0.2) is 11.7 Å². The molecule has 3 N–H and O–H groups in total. The molecular weight excluding hydrogens is 308 g/mol. The van der Waals surface area contributed by atoms with Crippen molar-refractivity contribution in [3.63, 3.8) is 0 Å². The first kappa shape index (κ1) is 16.1. The zero-order valence-corrected chi connectivity index (χ0v) is 13.9. The number of furan rings is 1. The number of carbonyl (C=O) groups excluding carboxylic acids is 1. The number of guanidine groups is 1. The minimum Gasteiger partial charge on any atom is -0.454 e. The minimum atomic E-state index is -0.565. The van der Waals surface area contributed by atoms with Gasteiger partial charge < -0.3 is 20.4 Å². The maximum Gasteiger partial charge on any atom is 0.284 e. The molecule has 0 aromatic carbocycles. The minimum absolute atomic E-state index is 0.166. The van der Waals surface area contributed by atoms with Gasteiger partial charge in [0.1, 0.15) is 5.76 Å². The molecule has 3 heterocycles. The van der Waals surface area contributed by atoms with Crippen LogP contribution >= 0.6 is 0 Å². The lowest BCUT2D eigenvalue weighted by Crippen LogP contribution is -2.39. The summed E-state index contributed by atoms with van der Waals surface area (Å²) in [6.45, 7) is 2.29. The van der Waals surface area contributed by atoms with E-state index < -0.39 is 5.91 Å². The Bertz CT molecular complexity index is 747. The van der Waals surface area contributed by atoms with Crippen LogP contribution in [-0.4, -0.2) is 46.7 Å². The van der Waals surface area contributed by atoms with Gasteiger partial charge in [-0.25, -0.2) is 0 Å². The van der Waals surface area contributed by atoms with E-state index in [0.29, 0.717) is 18.2 Å². The highest BCUT2D eigenvalue weighted by molar-refractivity contribution is 5.89. The highest BCUT2D eigenvalue weighted by Gasteiger charge is 2.26. The van der Waals surface area contributed by atoms with Gasteiger partial charge in [0, 0.05) is 39.3 Å². The summed E-state index contributed by atoms with van der Waals surface area (Å²) in [5.41, 5.74) is 6.45. The van der Waals surface area contributed by atoms with Gasteiger partial charge in [0.2, 0.25) is 0 Å². The van der Waals surface area contributed by atoms with Crippen LogP contribution in [-0.2, 0) is 13.6 Å². The molecule has 1 aliphatic rings. The molecule has 128 valence electrons. The smallest absolute Gasteiger partial charge is 0.284 e. The fourth-order valence-electron chi connectivity index (χ4n) is 2.98. The molecule has 1 aliphatic heterocycles. The Morgan fingerprint density at radius 2 is 2.38 bits per heavy atom. The van der Waals surface area contributed by atoms with E-state index in [1.807, 2.05) is 17.9 Å². The summed E-state index contributed by atoms with van der Waals surface area (Å²) < 4.78 is 7.21. The number of rotatable bonds is 4. The molecule has 0 radical (unpaired) electrons. The summed E-state index contributed by atoms with van der Waals surface area (Å²) in [6, 6.07) is 3.32. The number of nitrogens with zero attached hydrogens (tertiary/aromatic N) is 4. The molecule has 1 fully saturated rings. The van der Waals surface area contributed by atoms with Gasteiger partial charge in [0.25, 0.3) is 5.91 Å². The maximum absolute atomic E-state index is 11.1. The molecule has 8 nitrogen and oxygen atoms in total. The third-order valence-electron chi connectivity index (χ3n) is 4.22. The van der Waals surface area contributed by atoms with Gasteiger partial charge in [-0.15, -0.1) is 0 Å². The molecule has 1 unspecified atom stereocenters. The van der Waals surface area contributed by atoms with Crippen molar-refractivity contribution >= 4 is 11.9 Å². The Morgan fingerprint density at radius 1 is 1.54 bits per heavy atom. The highest BCUT2D eigenvalue weighted by atomic mass is 16.3. The fourth-order valence-corrected chi connectivity index (χ4v) is 2.98. The summed E-state index contributed by atoms with van der Waals surface area (Å²) >= 11 is 0. The van der Waals surface area contributed by atoms with Gasteiger partial charge in [-0.3, -0.25) is 14.5 Å². The molecule has 0 spiro atoms. The number of nitrogens with one attached hydrogen (secondary N) is 1. The molecule has 1 atom stereocenters. The van der Waals surface area contributed by atoms with Crippen molar-refractivity contribution in [3.8, 4) is 0 Å². The Labute approximate surface area is 140 Å². The lowest BCUT2D eigenvalue weighted by molar-refractivity contribution is 0.0972. The largest absolute Gasteiger partial charge is 0.454 e. The normalized spacial score (nSPS) is 18.2. The topological polar surface area (TPSA) is 102 Å². The van der Waals surface area contributed by atoms with Crippen molar-refractivity contribution in [2.45, 2.75) is 18.9 Å². The maximum atomic E-state index is 11.1. The summed E-state index contributed by atoms with van der Waals surface area (Å²) in [5.74, 6) is 1.53. The molecule has 2 aromatic rings. The van der Waals surface area contributed by atoms with E-state index in [2.05, 4.69) is 26.5 Å². The standard InChI is InChI=1S/C16H22N6O2/c1-18-16(19-8-13-3-4-14(24-13)15(17)23)22-6-5-11(10-22)12-7-20-21(2)9-12/h3-4,7,9,11H,5-6,8,10H2,1-2H3,(H2,17,23)(H,18,19). The van der Waals surface area contributed by atoms with E-state index in [1.165, 1.54) is 5.56 Å².